The maximum Gasteiger partial charge on any atom is 0.275 e. The first-order chi connectivity index (χ1) is 13.7. The predicted octanol–water partition coefficient (Wildman–Crippen LogP) is 0.472. The molecule has 28 heavy (non-hydrogen) atoms. The Hall–Kier alpha value is -2.17. The molecule has 4 rings (SSSR count). The second-order valence-electron chi connectivity index (χ2n) is 8.49. The fourth-order valence-electron chi connectivity index (χ4n) is 4.76. The second kappa shape index (κ2) is 8.89. The van der Waals surface area contributed by atoms with E-state index in [0.717, 1.165) is 52.0 Å². The highest BCUT2D eigenvalue weighted by Crippen LogP contribution is 2.29. The van der Waals surface area contributed by atoms with Crippen LogP contribution in [0.5, 0.6) is 0 Å². The molecule has 0 spiro atoms. The topological polar surface area (TPSA) is 38.0 Å². The Balaban J connectivity index is 1.25. The normalized spacial score (nSPS) is 24.4. The van der Waals surface area contributed by atoms with Crippen LogP contribution in [-0.2, 0) is 17.8 Å². The molecule has 4 nitrogen and oxygen atoms in total. The molecule has 148 valence electrons. The lowest BCUT2D eigenvalue weighted by Gasteiger charge is -2.31. The fraction of sp³-hybridized carbons (Fsp3) is 0.458. The van der Waals surface area contributed by atoms with E-state index >= 15 is 0 Å². The molecule has 0 bridgehead atoms. The molecule has 0 saturated carbocycles. The highest BCUT2D eigenvalue weighted by Gasteiger charge is 2.27. The van der Waals surface area contributed by atoms with Gasteiger partial charge in [0.05, 0.1) is 6.04 Å². The third kappa shape index (κ3) is 4.62. The van der Waals surface area contributed by atoms with E-state index < -0.39 is 0 Å². The summed E-state index contributed by atoms with van der Waals surface area (Å²) < 4.78 is 0. The number of fused-ring (bicyclic) bond motifs is 1. The van der Waals surface area contributed by atoms with Gasteiger partial charge in [-0.2, -0.15) is 0 Å². The number of benzene rings is 2. The lowest BCUT2D eigenvalue weighted by Crippen LogP contribution is -3.28. The third-order valence-electron chi connectivity index (χ3n) is 6.48. The summed E-state index contributed by atoms with van der Waals surface area (Å²) in [5.41, 5.74) is 5.57. The van der Waals surface area contributed by atoms with Gasteiger partial charge in [-0.1, -0.05) is 48.5 Å². The summed E-state index contributed by atoms with van der Waals surface area (Å²) in [7, 11) is 0. The largest absolute Gasteiger partial charge is 0.344 e. The summed E-state index contributed by atoms with van der Waals surface area (Å²) in [4.78, 5) is 15.7. The molecule has 1 aliphatic carbocycles. The maximum absolute atomic E-state index is 12.7. The van der Waals surface area contributed by atoms with Crippen LogP contribution in [0, 0.1) is 6.92 Å². The van der Waals surface area contributed by atoms with Gasteiger partial charge in [-0.05, 0) is 42.9 Å². The molecule has 0 radical (unpaired) electrons. The number of hydrogen-bond acceptors (Lipinski definition) is 1. The van der Waals surface area contributed by atoms with Crippen molar-refractivity contribution in [2.24, 2.45) is 0 Å². The summed E-state index contributed by atoms with van der Waals surface area (Å²) in [6, 6.07) is 17.5. The van der Waals surface area contributed by atoms with Gasteiger partial charge in [0.25, 0.3) is 5.91 Å². The third-order valence-corrected chi connectivity index (χ3v) is 6.48. The zero-order valence-corrected chi connectivity index (χ0v) is 17.0. The molecule has 0 unspecified atom stereocenters. The molecule has 1 saturated heterocycles. The Morgan fingerprint density at radius 3 is 2.54 bits per heavy atom. The number of aryl methyl sites for hydroxylation is 2. The summed E-state index contributed by atoms with van der Waals surface area (Å²) >= 11 is 0. The SMILES string of the molecule is Cc1ccccc1C[NH+]1CC[NH+](CC(=O)N[C@@H]2CCCc3ccccc32)CC1. The van der Waals surface area contributed by atoms with Gasteiger partial charge in [0.15, 0.2) is 6.54 Å². The van der Waals surface area contributed by atoms with Crippen molar-refractivity contribution in [2.45, 2.75) is 38.8 Å². The summed E-state index contributed by atoms with van der Waals surface area (Å²) in [5, 5.41) is 3.31. The van der Waals surface area contributed by atoms with Crippen LogP contribution >= 0.6 is 0 Å². The van der Waals surface area contributed by atoms with Crippen molar-refractivity contribution in [1.82, 2.24) is 5.32 Å². The van der Waals surface area contributed by atoms with E-state index in [4.69, 9.17) is 0 Å². The van der Waals surface area contributed by atoms with Crippen molar-refractivity contribution in [3.05, 3.63) is 70.8 Å². The molecule has 1 heterocycles. The molecule has 1 fully saturated rings. The van der Waals surface area contributed by atoms with E-state index in [1.54, 1.807) is 4.90 Å². The average Bonchev–Trinajstić information content (AvgIpc) is 2.71. The Morgan fingerprint density at radius 2 is 1.71 bits per heavy atom. The molecule has 2 aromatic carbocycles. The lowest BCUT2D eigenvalue weighted by molar-refractivity contribution is -1.02. The molecule has 1 aliphatic heterocycles. The van der Waals surface area contributed by atoms with E-state index in [-0.39, 0.29) is 11.9 Å². The van der Waals surface area contributed by atoms with E-state index in [1.807, 2.05) is 0 Å². The van der Waals surface area contributed by atoms with Crippen LogP contribution in [0.4, 0.5) is 0 Å². The fourth-order valence-corrected chi connectivity index (χ4v) is 4.76. The van der Waals surface area contributed by atoms with E-state index in [9.17, 15) is 4.79 Å². The van der Waals surface area contributed by atoms with Gasteiger partial charge >= 0.3 is 0 Å². The highest BCUT2D eigenvalue weighted by atomic mass is 16.2. The number of quaternary nitrogens is 2. The molecule has 1 atom stereocenters. The van der Waals surface area contributed by atoms with Gasteiger partial charge in [-0.3, -0.25) is 4.79 Å². The Morgan fingerprint density at radius 1 is 1.00 bits per heavy atom. The standard InChI is InChI=1S/C24H31N3O/c1-19-7-2-3-9-21(19)17-26-13-15-27(16-14-26)18-24(28)25-23-12-6-10-20-8-4-5-11-22(20)23/h2-5,7-9,11,23H,6,10,12-18H2,1H3,(H,25,28)/p+2/t23-/m1/s1. The monoisotopic (exact) mass is 379 g/mol. The lowest BCUT2D eigenvalue weighted by atomic mass is 9.88. The number of amides is 1. The van der Waals surface area contributed by atoms with Crippen molar-refractivity contribution in [2.75, 3.05) is 32.7 Å². The van der Waals surface area contributed by atoms with Crippen molar-refractivity contribution >= 4 is 5.91 Å². The van der Waals surface area contributed by atoms with Crippen LogP contribution in [0.25, 0.3) is 0 Å². The van der Waals surface area contributed by atoms with Gasteiger partial charge in [-0.15, -0.1) is 0 Å². The van der Waals surface area contributed by atoms with Gasteiger partial charge < -0.3 is 15.1 Å². The van der Waals surface area contributed by atoms with Crippen LogP contribution < -0.4 is 15.1 Å². The van der Waals surface area contributed by atoms with Crippen LogP contribution in [0.2, 0.25) is 0 Å². The first kappa shape index (κ1) is 19.2. The summed E-state index contributed by atoms with van der Waals surface area (Å²) in [6.45, 7) is 8.35. The number of carbonyl (C=O) groups is 1. The molecule has 0 aromatic heterocycles. The highest BCUT2D eigenvalue weighted by molar-refractivity contribution is 5.77. The molecule has 2 aliphatic rings. The minimum Gasteiger partial charge on any atom is -0.344 e. The zero-order valence-electron chi connectivity index (χ0n) is 17.0. The first-order valence-electron chi connectivity index (χ1n) is 10.8. The van der Waals surface area contributed by atoms with Gasteiger partial charge in [0.1, 0.15) is 32.7 Å². The van der Waals surface area contributed by atoms with Crippen molar-refractivity contribution in [3.8, 4) is 0 Å². The van der Waals surface area contributed by atoms with E-state index in [1.165, 1.54) is 27.2 Å². The number of piperazine rings is 1. The number of nitrogens with one attached hydrogen (secondary N) is 3. The minimum absolute atomic E-state index is 0.199. The Labute approximate surface area is 168 Å². The Kier molecular flexibility index (Phi) is 6.08. The molecule has 2 aromatic rings. The summed E-state index contributed by atoms with van der Waals surface area (Å²) in [6.07, 6.45) is 3.36. The van der Waals surface area contributed by atoms with Crippen LogP contribution in [-0.4, -0.2) is 38.6 Å². The molecular weight excluding hydrogens is 346 g/mol. The maximum atomic E-state index is 12.7. The molecule has 1 amide bonds. The zero-order chi connectivity index (χ0) is 19.3. The quantitative estimate of drug-likeness (QED) is 0.694. The van der Waals surface area contributed by atoms with Crippen molar-refractivity contribution in [3.63, 3.8) is 0 Å². The van der Waals surface area contributed by atoms with Crippen LogP contribution in [0.3, 0.4) is 0 Å². The number of rotatable bonds is 5. The van der Waals surface area contributed by atoms with Gasteiger partial charge in [-0.25, -0.2) is 0 Å². The van der Waals surface area contributed by atoms with Crippen LogP contribution in [0.15, 0.2) is 48.5 Å². The number of carbonyl (C=O) groups excluding carboxylic acids is 1. The molecular formula is C24H33N3O+2. The Bertz CT molecular complexity index is 811. The van der Waals surface area contributed by atoms with Crippen molar-refractivity contribution < 1.29 is 14.6 Å². The van der Waals surface area contributed by atoms with Gasteiger partial charge in [0.2, 0.25) is 0 Å². The predicted molar refractivity (Wildman–Crippen MR) is 111 cm³/mol. The molecule has 3 N–H and O–H groups in total. The smallest absolute Gasteiger partial charge is 0.275 e. The second-order valence-corrected chi connectivity index (χ2v) is 8.49. The van der Waals surface area contributed by atoms with E-state index in [0.29, 0.717) is 6.54 Å². The van der Waals surface area contributed by atoms with E-state index in [2.05, 4.69) is 60.8 Å². The van der Waals surface area contributed by atoms with Crippen LogP contribution in [0.1, 0.15) is 41.1 Å². The molecule has 4 heteroatoms. The average molecular weight is 380 g/mol. The van der Waals surface area contributed by atoms with Crippen molar-refractivity contribution in [1.29, 1.82) is 0 Å². The van der Waals surface area contributed by atoms with Gasteiger partial charge in [0, 0.05) is 5.56 Å². The number of hydrogen-bond donors (Lipinski definition) is 3. The first-order valence-corrected chi connectivity index (χ1v) is 10.8. The summed E-state index contributed by atoms with van der Waals surface area (Å²) in [5.74, 6) is 0.207. The minimum atomic E-state index is 0.199.